The minimum atomic E-state index is -0.329. The first-order chi connectivity index (χ1) is 9.50. The van der Waals surface area contributed by atoms with Gasteiger partial charge >= 0.3 is 0 Å². The number of pyridine rings is 1. The minimum Gasteiger partial charge on any atom is -0.343 e. The molecule has 0 unspecified atom stereocenters. The maximum atomic E-state index is 12.0. The Labute approximate surface area is 122 Å². The number of hydrogen-bond donors (Lipinski definition) is 1. The first-order valence-corrected chi connectivity index (χ1v) is 6.65. The zero-order valence-corrected chi connectivity index (χ0v) is 12.3. The Morgan fingerprint density at radius 1 is 1.45 bits per heavy atom. The molecule has 1 N–H and O–H groups in total. The number of rotatable bonds is 4. The molecule has 0 aliphatic rings. The molecule has 0 atom stereocenters. The van der Waals surface area contributed by atoms with Crippen molar-refractivity contribution in [2.45, 2.75) is 26.3 Å². The lowest BCUT2D eigenvalue weighted by atomic mass is 10.2. The summed E-state index contributed by atoms with van der Waals surface area (Å²) in [7, 11) is 1.88. The Hall–Kier alpha value is -1.95. The number of amides is 1. The molecule has 0 bridgehead atoms. The maximum Gasteiger partial charge on any atom is 0.271 e. The third kappa shape index (κ3) is 2.96. The molecule has 0 spiro atoms. The van der Waals surface area contributed by atoms with Crippen molar-refractivity contribution in [3.8, 4) is 0 Å². The van der Waals surface area contributed by atoms with Crippen LogP contribution in [0.3, 0.4) is 0 Å². The zero-order valence-electron chi connectivity index (χ0n) is 11.6. The fourth-order valence-corrected chi connectivity index (χ4v) is 2.04. The molecular weight excluding hydrogens is 278 g/mol. The largest absolute Gasteiger partial charge is 0.343 e. The summed E-state index contributed by atoms with van der Waals surface area (Å²) in [6.45, 7) is 4.36. The second kappa shape index (κ2) is 6.00. The minimum absolute atomic E-state index is 0.209. The highest BCUT2D eigenvalue weighted by Gasteiger charge is 2.15. The summed E-state index contributed by atoms with van der Waals surface area (Å²) in [5.74, 6) is 1.52. The van der Waals surface area contributed by atoms with Crippen LogP contribution in [0.2, 0.25) is 5.02 Å². The van der Waals surface area contributed by atoms with Gasteiger partial charge < -0.3 is 9.88 Å². The Balaban J connectivity index is 2.06. The van der Waals surface area contributed by atoms with Gasteiger partial charge in [0.1, 0.15) is 11.5 Å². The normalized spacial score (nSPS) is 10.8. The van der Waals surface area contributed by atoms with Gasteiger partial charge in [-0.1, -0.05) is 25.4 Å². The number of nitrogens with one attached hydrogen (secondary N) is 1. The molecule has 106 valence electrons. The van der Waals surface area contributed by atoms with Crippen molar-refractivity contribution in [1.82, 2.24) is 25.1 Å². The van der Waals surface area contributed by atoms with Crippen LogP contribution < -0.4 is 5.32 Å². The highest BCUT2D eigenvalue weighted by molar-refractivity contribution is 6.33. The summed E-state index contributed by atoms with van der Waals surface area (Å²) in [6.07, 6.45) is 1.53. The van der Waals surface area contributed by atoms with Crippen molar-refractivity contribution in [3.63, 3.8) is 0 Å². The molecular formula is C13H16ClN5O. The van der Waals surface area contributed by atoms with Crippen LogP contribution >= 0.6 is 11.6 Å². The third-order valence-corrected chi connectivity index (χ3v) is 3.20. The molecule has 7 heteroatoms. The predicted molar refractivity (Wildman–Crippen MR) is 75.5 cm³/mol. The van der Waals surface area contributed by atoms with E-state index in [1.54, 1.807) is 12.1 Å². The molecule has 0 saturated carbocycles. The summed E-state index contributed by atoms with van der Waals surface area (Å²) < 4.78 is 1.88. The van der Waals surface area contributed by atoms with Gasteiger partial charge in [0.25, 0.3) is 5.91 Å². The van der Waals surface area contributed by atoms with Crippen molar-refractivity contribution >= 4 is 17.5 Å². The molecule has 0 fully saturated rings. The van der Waals surface area contributed by atoms with E-state index in [1.807, 2.05) is 25.5 Å². The number of hydrogen-bond acceptors (Lipinski definition) is 4. The highest BCUT2D eigenvalue weighted by Crippen LogP contribution is 2.13. The van der Waals surface area contributed by atoms with Crippen molar-refractivity contribution in [3.05, 3.63) is 40.7 Å². The van der Waals surface area contributed by atoms with E-state index in [9.17, 15) is 4.79 Å². The zero-order chi connectivity index (χ0) is 14.7. The number of nitrogens with zero attached hydrogens (tertiary/aromatic N) is 4. The topological polar surface area (TPSA) is 72.7 Å². The first kappa shape index (κ1) is 14.5. The van der Waals surface area contributed by atoms with Gasteiger partial charge in [-0.05, 0) is 12.1 Å². The van der Waals surface area contributed by atoms with Crippen molar-refractivity contribution in [1.29, 1.82) is 0 Å². The van der Waals surface area contributed by atoms with Gasteiger partial charge in [-0.2, -0.15) is 0 Å². The van der Waals surface area contributed by atoms with Crippen molar-refractivity contribution in [2.75, 3.05) is 0 Å². The third-order valence-electron chi connectivity index (χ3n) is 2.90. The summed E-state index contributed by atoms with van der Waals surface area (Å²) in [4.78, 5) is 15.9. The van der Waals surface area contributed by atoms with Gasteiger partial charge in [0.15, 0.2) is 5.82 Å². The van der Waals surface area contributed by atoms with Crippen LogP contribution in [0.1, 0.15) is 41.9 Å². The number of halogens is 1. The Morgan fingerprint density at radius 3 is 2.80 bits per heavy atom. The molecule has 2 aromatic heterocycles. The van der Waals surface area contributed by atoms with Crippen LogP contribution in [-0.4, -0.2) is 25.7 Å². The molecule has 20 heavy (non-hydrogen) atoms. The molecule has 0 aliphatic heterocycles. The van der Waals surface area contributed by atoms with Crippen LogP contribution in [-0.2, 0) is 13.6 Å². The van der Waals surface area contributed by atoms with E-state index in [0.717, 1.165) is 5.82 Å². The Morgan fingerprint density at radius 2 is 2.20 bits per heavy atom. The van der Waals surface area contributed by atoms with Gasteiger partial charge in [-0.15, -0.1) is 10.2 Å². The van der Waals surface area contributed by atoms with Gasteiger partial charge in [0, 0.05) is 19.2 Å². The van der Waals surface area contributed by atoms with E-state index >= 15 is 0 Å². The monoisotopic (exact) mass is 293 g/mol. The lowest BCUT2D eigenvalue weighted by Crippen LogP contribution is -2.25. The second-order valence-corrected chi connectivity index (χ2v) is 5.11. The number of aromatic nitrogens is 4. The standard InChI is InChI=1S/C13H16ClN5O/c1-8(2)12-18-17-10(19(12)3)7-16-13(20)11-9(14)5-4-6-15-11/h4-6,8H,7H2,1-3H3,(H,16,20). The van der Waals surface area contributed by atoms with E-state index < -0.39 is 0 Å². The van der Waals surface area contributed by atoms with Gasteiger partial charge in [0.05, 0.1) is 11.6 Å². The quantitative estimate of drug-likeness (QED) is 0.935. The molecule has 2 rings (SSSR count). The molecule has 6 nitrogen and oxygen atoms in total. The van der Waals surface area contributed by atoms with Crippen LogP contribution in [0.4, 0.5) is 0 Å². The average molecular weight is 294 g/mol. The fraction of sp³-hybridized carbons (Fsp3) is 0.385. The molecule has 0 aromatic carbocycles. The molecule has 1 amide bonds. The van der Waals surface area contributed by atoms with E-state index in [1.165, 1.54) is 6.20 Å². The van der Waals surface area contributed by atoms with E-state index in [-0.39, 0.29) is 24.1 Å². The summed E-state index contributed by atoms with van der Waals surface area (Å²) in [5.41, 5.74) is 0.209. The van der Waals surface area contributed by atoms with E-state index in [0.29, 0.717) is 10.8 Å². The Kier molecular flexibility index (Phi) is 4.34. The number of carbonyl (C=O) groups is 1. The predicted octanol–water partition coefficient (Wildman–Crippen LogP) is 1.92. The van der Waals surface area contributed by atoms with Gasteiger partial charge in [-0.3, -0.25) is 4.79 Å². The fourth-order valence-electron chi connectivity index (χ4n) is 1.83. The highest BCUT2D eigenvalue weighted by atomic mass is 35.5. The lowest BCUT2D eigenvalue weighted by Gasteiger charge is -2.07. The summed E-state index contributed by atoms with van der Waals surface area (Å²) in [6, 6.07) is 3.30. The molecule has 0 saturated heterocycles. The Bertz CT molecular complexity index is 623. The molecule has 0 aliphatic carbocycles. The van der Waals surface area contributed by atoms with E-state index in [2.05, 4.69) is 20.5 Å². The van der Waals surface area contributed by atoms with Crippen LogP contribution in [0.15, 0.2) is 18.3 Å². The second-order valence-electron chi connectivity index (χ2n) is 4.70. The maximum absolute atomic E-state index is 12.0. The summed E-state index contributed by atoms with van der Waals surface area (Å²) >= 11 is 5.92. The molecule has 2 aromatic rings. The van der Waals surface area contributed by atoms with Crippen LogP contribution in [0.5, 0.6) is 0 Å². The molecule has 0 radical (unpaired) electrons. The van der Waals surface area contributed by atoms with Gasteiger partial charge in [0.2, 0.25) is 0 Å². The average Bonchev–Trinajstić information content (AvgIpc) is 2.78. The summed E-state index contributed by atoms with van der Waals surface area (Å²) in [5, 5.41) is 11.2. The first-order valence-electron chi connectivity index (χ1n) is 6.27. The van der Waals surface area contributed by atoms with Crippen LogP contribution in [0, 0.1) is 0 Å². The molecule has 2 heterocycles. The lowest BCUT2D eigenvalue weighted by molar-refractivity contribution is 0.0944. The van der Waals surface area contributed by atoms with Crippen molar-refractivity contribution in [2.24, 2.45) is 7.05 Å². The van der Waals surface area contributed by atoms with Crippen LogP contribution in [0.25, 0.3) is 0 Å². The smallest absolute Gasteiger partial charge is 0.271 e. The van der Waals surface area contributed by atoms with E-state index in [4.69, 9.17) is 11.6 Å². The van der Waals surface area contributed by atoms with Gasteiger partial charge in [-0.25, -0.2) is 4.98 Å². The number of carbonyl (C=O) groups excluding carboxylic acids is 1. The van der Waals surface area contributed by atoms with Crippen molar-refractivity contribution < 1.29 is 4.79 Å². The SMILES string of the molecule is CC(C)c1nnc(CNC(=O)c2ncccc2Cl)n1C.